The van der Waals surface area contributed by atoms with Gasteiger partial charge in [0.25, 0.3) is 5.69 Å². The lowest BCUT2D eigenvalue weighted by atomic mass is 10.2. The van der Waals surface area contributed by atoms with E-state index in [2.05, 4.69) is 0 Å². The molecule has 0 N–H and O–H groups in total. The number of nitrogens with zero attached hydrogens (tertiary/aromatic N) is 2. The minimum atomic E-state index is -4.07. The molecular formula is C15H15FN2O5S. The molecule has 7 nitrogen and oxygen atoms in total. The van der Waals surface area contributed by atoms with Gasteiger partial charge in [0, 0.05) is 25.7 Å². The average molecular weight is 354 g/mol. The maximum atomic E-state index is 13.2. The molecule has 0 saturated carbocycles. The Labute approximate surface area is 138 Å². The van der Waals surface area contributed by atoms with E-state index in [1.807, 2.05) is 0 Å². The van der Waals surface area contributed by atoms with Gasteiger partial charge in [0.05, 0.1) is 12.0 Å². The first-order valence-electron chi connectivity index (χ1n) is 6.79. The molecule has 0 bridgehead atoms. The second-order valence-electron chi connectivity index (χ2n) is 4.98. The predicted octanol–water partition coefficient (Wildman–Crippen LogP) is 2.56. The van der Waals surface area contributed by atoms with E-state index in [0.717, 1.165) is 16.4 Å². The van der Waals surface area contributed by atoms with Gasteiger partial charge in [0.15, 0.2) is 0 Å². The number of halogens is 1. The number of non-ortho nitro benzene ring substituents is 1. The summed E-state index contributed by atoms with van der Waals surface area (Å²) in [4.78, 5) is 9.88. The van der Waals surface area contributed by atoms with E-state index < -0.39 is 20.8 Å². The molecule has 2 rings (SSSR count). The van der Waals surface area contributed by atoms with E-state index in [9.17, 15) is 22.9 Å². The van der Waals surface area contributed by atoms with Crippen molar-refractivity contribution < 1.29 is 22.5 Å². The molecular weight excluding hydrogens is 339 g/mol. The van der Waals surface area contributed by atoms with E-state index >= 15 is 0 Å². The van der Waals surface area contributed by atoms with Crippen LogP contribution in [0.3, 0.4) is 0 Å². The monoisotopic (exact) mass is 354 g/mol. The maximum Gasteiger partial charge on any atom is 0.271 e. The lowest BCUT2D eigenvalue weighted by Gasteiger charge is -2.19. The topological polar surface area (TPSA) is 89.7 Å². The Morgan fingerprint density at radius 1 is 1.25 bits per heavy atom. The normalized spacial score (nSPS) is 11.5. The van der Waals surface area contributed by atoms with Gasteiger partial charge in [0.1, 0.15) is 16.5 Å². The molecule has 2 aromatic rings. The van der Waals surface area contributed by atoms with E-state index in [1.165, 1.54) is 38.4 Å². The Balaban J connectivity index is 2.41. The molecule has 0 amide bonds. The summed E-state index contributed by atoms with van der Waals surface area (Å²) in [6.07, 6.45) is 0. The van der Waals surface area contributed by atoms with Gasteiger partial charge in [-0.2, -0.15) is 4.31 Å². The number of nitro benzene ring substituents is 1. The van der Waals surface area contributed by atoms with Crippen LogP contribution in [0.1, 0.15) is 5.56 Å². The zero-order valence-corrected chi connectivity index (χ0v) is 13.8. The Morgan fingerprint density at radius 3 is 2.54 bits per heavy atom. The molecule has 0 spiro atoms. The lowest BCUT2D eigenvalue weighted by molar-refractivity contribution is -0.385. The molecule has 0 atom stereocenters. The summed E-state index contributed by atoms with van der Waals surface area (Å²) >= 11 is 0. The lowest BCUT2D eigenvalue weighted by Crippen LogP contribution is -2.27. The third-order valence-electron chi connectivity index (χ3n) is 3.34. The highest BCUT2D eigenvalue weighted by molar-refractivity contribution is 7.89. The number of rotatable bonds is 6. The SMILES string of the molecule is COc1ccc([N+](=O)[O-])cc1S(=O)(=O)N(C)Cc1cccc(F)c1. The number of hydrogen-bond donors (Lipinski definition) is 0. The molecule has 0 fully saturated rings. The molecule has 0 saturated heterocycles. The van der Waals surface area contributed by atoms with Crippen molar-refractivity contribution in [2.24, 2.45) is 0 Å². The van der Waals surface area contributed by atoms with Crippen molar-refractivity contribution in [3.05, 3.63) is 64.0 Å². The van der Waals surface area contributed by atoms with Crippen LogP contribution in [0, 0.1) is 15.9 Å². The molecule has 24 heavy (non-hydrogen) atoms. The van der Waals surface area contributed by atoms with Crippen molar-refractivity contribution in [2.75, 3.05) is 14.2 Å². The van der Waals surface area contributed by atoms with Crippen molar-refractivity contribution in [2.45, 2.75) is 11.4 Å². The largest absolute Gasteiger partial charge is 0.495 e. The predicted molar refractivity (Wildman–Crippen MR) is 84.7 cm³/mol. The fourth-order valence-corrected chi connectivity index (χ4v) is 3.46. The molecule has 128 valence electrons. The van der Waals surface area contributed by atoms with E-state index in [4.69, 9.17) is 4.74 Å². The molecule has 0 unspecified atom stereocenters. The van der Waals surface area contributed by atoms with Gasteiger partial charge in [-0.3, -0.25) is 10.1 Å². The second kappa shape index (κ2) is 6.93. The van der Waals surface area contributed by atoms with E-state index in [1.54, 1.807) is 6.07 Å². The molecule has 0 heterocycles. The summed E-state index contributed by atoms with van der Waals surface area (Å²) < 4.78 is 44.6. The van der Waals surface area contributed by atoms with E-state index in [-0.39, 0.29) is 22.9 Å². The molecule has 0 aliphatic heterocycles. The van der Waals surface area contributed by atoms with Crippen LogP contribution >= 0.6 is 0 Å². The Hall–Kier alpha value is -2.52. The zero-order chi connectivity index (χ0) is 17.9. The van der Waals surface area contributed by atoms with Crippen molar-refractivity contribution in [3.8, 4) is 5.75 Å². The molecule has 9 heteroatoms. The third-order valence-corrected chi connectivity index (χ3v) is 5.17. The molecule has 0 aliphatic carbocycles. The van der Waals surface area contributed by atoms with Crippen LogP contribution in [0.15, 0.2) is 47.4 Å². The summed E-state index contributed by atoms with van der Waals surface area (Å²) in [5.74, 6) is -0.488. The fourth-order valence-electron chi connectivity index (χ4n) is 2.13. The second-order valence-corrected chi connectivity index (χ2v) is 7.00. The minimum Gasteiger partial charge on any atom is -0.495 e. The van der Waals surface area contributed by atoms with Crippen LogP contribution in [-0.2, 0) is 16.6 Å². The van der Waals surface area contributed by atoms with Crippen LogP contribution in [0.2, 0.25) is 0 Å². The number of methoxy groups -OCH3 is 1. The van der Waals surface area contributed by atoms with Gasteiger partial charge in [-0.05, 0) is 23.8 Å². The van der Waals surface area contributed by atoms with Crippen LogP contribution in [0.25, 0.3) is 0 Å². The number of sulfonamides is 1. The first-order chi connectivity index (χ1) is 11.3. The average Bonchev–Trinajstić information content (AvgIpc) is 2.54. The Bertz CT molecular complexity index is 870. The van der Waals surface area contributed by atoms with Crippen molar-refractivity contribution >= 4 is 15.7 Å². The summed E-state index contributed by atoms with van der Waals surface area (Å²) in [6, 6.07) is 8.85. The van der Waals surface area contributed by atoms with Crippen molar-refractivity contribution in [1.82, 2.24) is 4.31 Å². The Morgan fingerprint density at radius 2 is 1.96 bits per heavy atom. The summed E-state index contributed by atoms with van der Waals surface area (Å²) in [7, 11) is -1.49. The smallest absolute Gasteiger partial charge is 0.271 e. The van der Waals surface area contributed by atoms with Crippen molar-refractivity contribution in [3.63, 3.8) is 0 Å². The van der Waals surface area contributed by atoms with Crippen LogP contribution in [-0.4, -0.2) is 31.8 Å². The van der Waals surface area contributed by atoms with Crippen LogP contribution < -0.4 is 4.74 Å². The quantitative estimate of drug-likeness (QED) is 0.587. The number of benzene rings is 2. The fraction of sp³-hybridized carbons (Fsp3) is 0.200. The van der Waals surface area contributed by atoms with Gasteiger partial charge in [-0.1, -0.05) is 12.1 Å². The molecule has 0 radical (unpaired) electrons. The first-order valence-corrected chi connectivity index (χ1v) is 8.23. The molecule has 0 aliphatic rings. The zero-order valence-electron chi connectivity index (χ0n) is 13.0. The summed E-state index contributed by atoms with van der Waals surface area (Å²) in [6.45, 7) is -0.0913. The van der Waals surface area contributed by atoms with Gasteiger partial charge < -0.3 is 4.74 Å². The van der Waals surface area contributed by atoms with E-state index in [0.29, 0.717) is 5.56 Å². The molecule has 2 aromatic carbocycles. The van der Waals surface area contributed by atoms with Crippen LogP contribution in [0.5, 0.6) is 5.75 Å². The molecule has 0 aromatic heterocycles. The minimum absolute atomic E-state index is 0.00769. The summed E-state index contributed by atoms with van der Waals surface area (Å²) in [5.41, 5.74) is 0.0824. The van der Waals surface area contributed by atoms with Crippen molar-refractivity contribution in [1.29, 1.82) is 0 Å². The van der Waals surface area contributed by atoms with Gasteiger partial charge in [-0.15, -0.1) is 0 Å². The number of hydrogen-bond acceptors (Lipinski definition) is 5. The maximum absolute atomic E-state index is 13.2. The van der Waals surface area contributed by atoms with Crippen LogP contribution in [0.4, 0.5) is 10.1 Å². The number of ether oxygens (including phenoxy) is 1. The van der Waals surface area contributed by atoms with Gasteiger partial charge in [-0.25, -0.2) is 12.8 Å². The highest BCUT2D eigenvalue weighted by atomic mass is 32.2. The Kier molecular flexibility index (Phi) is 5.15. The summed E-state index contributed by atoms with van der Waals surface area (Å²) in [5, 5.41) is 10.9. The highest BCUT2D eigenvalue weighted by Gasteiger charge is 2.27. The first kappa shape index (κ1) is 17.8. The standard InChI is InChI=1S/C15H15FN2O5S/c1-17(10-11-4-3-5-12(16)8-11)24(21,22)15-9-13(18(19)20)6-7-14(15)23-2/h3-9H,10H2,1-2H3. The third kappa shape index (κ3) is 3.69. The highest BCUT2D eigenvalue weighted by Crippen LogP contribution is 2.30. The van der Waals surface area contributed by atoms with Gasteiger partial charge >= 0.3 is 0 Å². The number of nitro groups is 1. The van der Waals surface area contributed by atoms with Gasteiger partial charge in [0.2, 0.25) is 10.0 Å².